The van der Waals surface area contributed by atoms with Crippen LogP contribution in [0, 0.1) is 5.92 Å². The van der Waals surface area contributed by atoms with E-state index in [2.05, 4.69) is 5.32 Å². The molecule has 0 aliphatic heterocycles. The molecule has 1 aromatic carbocycles. The molecular weight excluding hydrogens is 306 g/mol. The van der Waals surface area contributed by atoms with Gasteiger partial charge in [0.15, 0.2) is 0 Å². The average Bonchev–Trinajstić information content (AvgIpc) is 2.54. The van der Waals surface area contributed by atoms with Gasteiger partial charge in [-0.3, -0.25) is 18.7 Å². The quantitative estimate of drug-likeness (QED) is 0.856. The summed E-state index contributed by atoms with van der Waals surface area (Å²) in [5.41, 5.74) is 0.458. The van der Waals surface area contributed by atoms with Crippen LogP contribution in [-0.4, -0.2) is 15.0 Å². The van der Waals surface area contributed by atoms with E-state index in [-0.39, 0.29) is 23.1 Å². The van der Waals surface area contributed by atoms with Crippen LogP contribution in [0.1, 0.15) is 27.7 Å². The summed E-state index contributed by atoms with van der Waals surface area (Å²) in [6.45, 7) is 8.36. The molecule has 0 atom stereocenters. The number of amides is 1. The number of rotatable bonds is 5. The molecule has 0 saturated carbocycles. The van der Waals surface area contributed by atoms with Gasteiger partial charge in [0.2, 0.25) is 5.91 Å². The Morgan fingerprint density at radius 1 is 1.17 bits per heavy atom. The van der Waals surface area contributed by atoms with Gasteiger partial charge >= 0.3 is 5.69 Å². The fourth-order valence-corrected chi connectivity index (χ4v) is 2.55. The zero-order valence-electron chi connectivity index (χ0n) is 14.5. The summed E-state index contributed by atoms with van der Waals surface area (Å²) >= 11 is 0. The molecule has 128 valence electrons. The van der Waals surface area contributed by atoms with Crippen molar-refractivity contribution < 1.29 is 4.79 Å². The minimum atomic E-state index is -0.337. The SMILES string of the molecule is CCn1c(=O)c2cc(NC(=O)C=CC(C)C)ccc2n(CC)c1=O. The van der Waals surface area contributed by atoms with E-state index < -0.39 is 0 Å². The molecule has 1 N–H and O–H groups in total. The number of benzene rings is 1. The zero-order chi connectivity index (χ0) is 17.9. The molecule has 2 rings (SSSR count). The molecule has 1 aromatic heterocycles. The van der Waals surface area contributed by atoms with Crippen LogP contribution in [0.15, 0.2) is 39.9 Å². The second-order valence-corrected chi connectivity index (χ2v) is 5.90. The molecule has 0 fully saturated rings. The largest absolute Gasteiger partial charge is 0.331 e. The third-order valence-corrected chi connectivity index (χ3v) is 3.76. The Kier molecular flexibility index (Phi) is 5.39. The second kappa shape index (κ2) is 7.29. The number of allylic oxidation sites excluding steroid dienone is 1. The highest BCUT2D eigenvalue weighted by Gasteiger charge is 2.12. The number of carbonyl (C=O) groups excluding carboxylic acids is 1. The number of fused-ring (bicyclic) bond motifs is 1. The summed E-state index contributed by atoms with van der Waals surface area (Å²) in [6.07, 6.45) is 3.28. The first kappa shape index (κ1) is 17.7. The van der Waals surface area contributed by atoms with Gasteiger partial charge in [0.25, 0.3) is 5.56 Å². The van der Waals surface area contributed by atoms with Gasteiger partial charge in [-0.05, 0) is 44.0 Å². The summed E-state index contributed by atoms with van der Waals surface area (Å²) in [5.74, 6) is 0.0331. The van der Waals surface area contributed by atoms with Crippen molar-refractivity contribution in [3.8, 4) is 0 Å². The maximum absolute atomic E-state index is 12.5. The zero-order valence-corrected chi connectivity index (χ0v) is 14.5. The minimum Gasteiger partial charge on any atom is -0.322 e. The maximum Gasteiger partial charge on any atom is 0.331 e. The topological polar surface area (TPSA) is 73.1 Å². The molecule has 6 nitrogen and oxygen atoms in total. The molecule has 0 unspecified atom stereocenters. The normalized spacial score (nSPS) is 11.5. The number of hydrogen-bond donors (Lipinski definition) is 1. The van der Waals surface area contributed by atoms with Crippen molar-refractivity contribution in [3.05, 3.63) is 51.2 Å². The number of aromatic nitrogens is 2. The van der Waals surface area contributed by atoms with Gasteiger partial charge in [-0.2, -0.15) is 0 Å². The molecule has 24 heavy (non-hydrogen) atoms. The van der Waals surface area contributed by atoms with Gasteiger partial charge in [0, 0.05) is 18.8 Å². The van der Waals surface area contributed by atoms with Crippen LogP contribution in [0.25, 0.3) is 10.9 Å². The van der Waals surface area contributed by atoms with E-state index in [1.807, 2.05) is 20.8 Å². The van der Waals surface area contributed by atoms with Gasteiger partial charge in [-0.25, -0.2) is 4.79 Å². The van der Waals surface area contributed by atoms with Crippen LogP contribution in [0.4, 0.5) is 5.69 Å². The van der Waals surface area contributed by atoms with E-state index in [0.29, 0.717) is 29.7 Å². The Labute approximate surface area is 140 Å². The maximum atomic E-state index is 12.5. The van der Waals surface area contributed by atoms with Gasteiger partial charge in [-0.1, -0.05) is 19.9 Å². The highest BCUT2D eigenvalue weighted by atomic mass is 16.2. The van der Waals surface area contributed by atoms with Crippen molar-refractivity contribution in [2.75, 3.05) is 5.32 Å². The highest BCUT2D eigenvalue weighted by Crippen LogP contribution is 2.15. The van der Waals surface area contributed by atoms with Crippen LogP contribution in [0.5, 0.6) is 0 Å². The monoisotopic (exact) mass is 329 g/mol. The van der Waals surface area contributed by atoms with Crippen molar-refractivity contribution in [3.63, 3.8) is 0 Å². The molecule has 2 aromatic rings. The van der Waals surface area contributed by atoms with E-state index in [1.54, 1.807) is 35.8 Å². The summed E-state index contributed by atoms with van der Waals surface area (Å²) in [4.78, 5) is 36.8. The summed E-state index contributed by atoms with van der Waals surface area (Å²) < 4.78 is 2.76. The van der Waals surface area contributed by atoms with E-state index >= 15 is 0 Å². The fraction of sp³-hybridized carbons (Fsp3) is 0.389. The summed E-state index contributed by atoms with van der Waals surface area (Å²) in [7, 11) is 0. The molecule has 0 spiro atoms. The lowest BCUT2D eigenvalue weighted by Gasteiger charge is -2.12. The Hall–Kier alpha value is -2.63. The first-order valence-corrected chi connectivity index (χ1v) is 8.15. The molecule has 1 amide bonds. The highest BCUT2D eigenvalue weighted by molar-refractivity contribution is 6.00. The van der Waals surface area contributed by atoms with E-state index in [4.69, 9.17) is 0 Å². The van der Waals surface area contributed by atoms with Crippen LogP contribution in [0.3, 0.4) is 0 Å². The fourth-order valence-electron chi connectivity index (χ4n) is 2.55. The first-order chi connectivity index (χ1) is 11.4. The predicted molar refractivity (Wildman–Crippen MR) is 96.4 cm³/mol. The molecule has 1 heterocycles. The molecule has 0 aliphatic carbocycles. The minimum absolute atomic E-state index is 0.248. The lowest BCUT2D eigenvalue weighted by molar-refractivity contribution is -0.111. The number of hydrogen-bond acceptors (Lipinski definition) is 3. The Morgan fingerprint density at radius 2 is 1.83 bits per heavy atom. The number of nitrogens with zero attached hydrogens (tertiary/aromatic N) is 2. The van der Waals surface area contributed by atoms with Crippen LogP contribution in [-0.2, 0) is 17.9 Å². The van der Waals surface area contributed by atoms with Crippen molar-refractivity contribution in [1.29, 1.82) is 0 Å². The molecule has 0 bridgehead atoms. The van der Waals surface area contributed by atoms with Gasteiger partial charge in [-0.15, -0.1) is 0 Å². The first-order valence-electron chi connectivity index (χ1n) is 8.15. The van der Waals surface area contributed by atoms with E-state index in [9.17, 15) is 14.4 Å². The Bertz CT molecular complexity index is 904. The number of nitrogens with one attached hydrogen (secondary N) is 1. The van der Waals surface area contributed by atoms with Crippen molar-refractivity contribution in [2.24, 2.45) is 5.92 Å². The lowest BCUT2D eigenvalue weighted by atomic mass is 10.2. The lowest BCUT2D eigenvalue weighted by Crippen LogP contribution is -2.39. The van der Waals surface area contributed by atoms with Crippen LogP contribution in [0.2, 0.25) is 0 Å². The number of aryl methyl sites for hydroxylation is 1. The smallest absolute Gasteiger partial charge is 0.322 e. The average molecular weight is 329 g/mol. The molecule has 0 radical (unpaired) electrons. The van der Waals surface area contributed by atoms with Gasteiger partial charge in [0.05, 0.1) is 10.9 Å². The predicted octanol–water partition coefficient (Wildman–Crippen LogP) is 2.35. The van der Waals surface area contributed by atoms with Gasteiger partial charge < -0.3 is 5.32 Å². The molecular formula is C18H23N3O3. The van der Waals surface area contributed by atoms with Crippen LogP contribution >= 0.6 is 0 Å². The summed E-state index contributed by atoms with van der Waals surface area (Å²) in [6, 6.07) is 5.02. The third-order valence-electron chi connectivity index (χ3n) is 3.76. The van der Waals surface area contributed by atoms with Gasteiger partial charge in [0.1, 0.15) is 0 Å². The summed E-state index contributed by atoms with van der Waals surface area (Å²) in [5, 5.41) is 3.17. The molecule has 6 heteroatoms. The van der Waals surface area contributed by atoms with Crippen LogP contribution < -0.4 is 16.6 Å². The Morgan fingerprint density at radius 3 is 2.42 bits per heavy atom. The van der Waals surface area contributed by atoms with E-state index in [0.717, 1.165) is 0 Å². The van der Waals surface area contributed by atoms with Crippen molar-refractivity contribution in [2.45, 2.75) is 40.8 Å². The standard InChI is InChI=1S/C18H23N3O3/c1-5-20-15-9-8-13(19-16(22)10-7-12(3)4)11-14(15)17(23)21(6-2)18(20)24/h7-12H,5-6H2,1-4H3,(H,19,22). The second-order valence-electron chi connectivity index (χ2n) is 5.90. The van der Waals surface area contributed by atoms with E-state index in [1.165, 1.54) is 10.6 Å². The molecule has 0 aliphatic rings. The number of anilines is 1. The van der Waals surface area contributed by atoms with Crippen molar-refractivity contribution >= 4 is 22.5 Å². The van der Waals surface area contributed by atoms with Crippen molar-refractivity contribution in [1.82, 2.24) is 9.13 Å². The molecule has 0 saturated heterocycles. The third kappa shape index (κ3) is 3.48. The number of carbonyl (C=O) groups is 1. The Balaban J connectivity index is 2.53.